The normalized spacial score (nSPS) is 12.4. The molecule has 0 spiro atoms. The van der Waals surface area contributed by atoms with Crippen LogP contribution in [0.15, 0.2) is 48.6 Å². The molecule has 0 rings (SSSR count). The van der Waals surface area contributed by atoms with Gasteiger partial charge in [-0.1, -0.05) is 211 Å². The van der Waals surface area contributed by atoms with Gasteiger partial charge >= 0.3 is 17.9 Å². The van der Waals surface area contributed by atoms with Gasteiger partial charge in [-0.25, -0.2) is 0 Å². The zero-order chi connectivity index (χ0) is 46.5. The van der Waals surface area contributed by atoms with Gasteiger partial charge in [-0.15, -0.1) is 0 Å². The van der Waals surface area contributed by atoms with Gasteiger partial charge in [0.25, 0.3) is 0 Å². The molecule has 0 bridgehead atoms. The number of hydrogen-bond acceptors (Lipinski definition) is 6. The van der Waals surface area contributed by atoms with Crippen LogP contribution in [-0.4, -0.2) is 37.2 Å². The first kappa shape index (κ1) is 61.4. The van der Waals surface area contributed by atoms with E-state index in [0.29, 0.717) is 19.3 Å². The van der Waals surface area contributed by atoms with E-state index in [4.69, 9.17) is 14.2 Å². The van der Waals surface area contributed by atoms with Crippen LogP contribution in [0.3, 0.4) is 0 Å². The second kappa shape index (κ2) is 53.0. The fourth-order valence-corrected chi connectivity index (χ4v) is 7.81. The molecule has 6 heteroatoms. The fourth-order valence-electron chi connectivity index (χ4n) is 7.81. The Labute approximate surface area is 397 Å². The number of allylic oxidation sites excluding steroid dienone is 8. The van der Waals surface area contributed by atoms with E-state index in [2.05, 4.69) is 69.4 Å². The van der Waals surface area contributed by atoms with Crippen LogP contribution in [-0.2, 0) is 28.6 Å². The predicted molar refractivity (Wildman–Crippen MR) is 275 cm³/mol. The van der Waals surface area contributed by atoms with Gasteiger partial charge in [0.05, 0.1) is 0 Å². The van der Waals surface area contributed by atoms with Crippen molar-refractivity contribution in [2.75, 3.05) is 13.2 Å². The first-order valence-corrected chi connectivity index (χ1v) is 27.6. The molecular weight excluding hydrogens is 793 g/mol. The summed E-state index contributed by atoms with van der Waals surface area (Å²) in [6.07, 6.45) is 63.7. The van der Waals surface area contributed by atoms with Gasteiger partial charge in [-0.2, -0.15) is 0 Å². The largest absolute Gasteiger partial charge is 0.462 e. The van der Waals surface area contributed by atoms with E-state index in [1.165, 1.54) is 167 Å². The Kier molecular flexibility index (Phi) is 50.8. The van der Waals surface area contributed by atoms with Crippen LogP contribution in [0.25, 0.3) is 0 Å². The van der Waals surface area contributed by atoms with Crippen molar-refractivity contribution in [1.29, 1.82) is 0 Å². The first-order valence-electron chi connectivity index (χ1n) is 27.6. The van der Waals surface area contributed by atoms with E-state index in [9.17, 15) is 14.4 Å². The van der Waals surface area contributed by atoms with Crippen LogP contribution >= 0.6 is 0 Å². The first-order chi connectivity index (χ1) is 31.5. The molecule has 0 aromatic rings. The molecule has 0 aliphatic rings. The van der Waals surface area contributed by atoms with E-state index >= 15 is 0 Å². The molecule has 0 aromatic heterocycles. The van der Waals surface area contributed by atoms with Gasteiger partial charge in [0.15, 0.2) is 6.10 Å². The molecule has 1 atom stereocenters. The van der Waals surface area contributed by atoms with Gasteiger partial charge in [-0.3, -0.25) is 14.4 Å². The Morgan fingerprint density at radius 1 is 0.312 bits per heavy atom. The van der Waals surface area contributed by atoms with Crippen molar-refractivity contribution >= 4 is 17.9 Å². The van der Waals surface area contributed by atoms with Crippen LogP contribution in [0.1, 0.15) is 284 Å². The molecule has 0 N–H and O–H groups in total. The van der Waals surface area contributed by atoms with Crippen molar-refractivity contribution in [3.8, 4) is 0 Å². The van der Waals surface area contributed by atoms with Crippen molar-refractivity contribution in [1.82, 2.24) is 0 Å². The van der Waals surface area contributed by atoms with Crippen LogP contribution in [0, 0.1) is 0 Å². The Bertz CT molecular complexity index is 1120. The Morgan fingerprint density at radius 3 is 0.922 bits per heavy atom. The monoisotopic (exact) mass is 897 g/mol. The minimum absolute atomic E-state index is 0.0805. The molecule has 64 heavy (non-hydrogen) atoms. The van der Waals surface area contributed by atoms with Gasteiger partial charge in [0, 0.05) is 19.3 Å². The Balaban J connectivity index is 4.39. The van der Waals surface area contributed by atoms with E-state index in [1.807, 2.05) is 0 Å². The number of unbranched alkanes of at least 4 members (excludes halogenated alkanes) is 31. The third-order valence-corrected chi connectivity index (χ3v) is 12.0. The predicted octanol–water partition coefficient (Wildman–Crippen LogP) is 18.3. The average Bonchev–Trinajstić information content (AvgIpc) is 3.29. The second-order valence-electron chi connectivity index (χ2n) is 18.5. The summed E-state index contributed by atoms with van der Waals surface area (Å²) in [5, 5.41) is 0. The maximum absolute atomic E-state index is 12.8. The SMILES string of the molecule is CCCCC/C=C/C/C=C/CCCCCCCCCC(=O)OC[C@@H](COC(=O)CCCCCCC/C=C/CCCCCCC)OC(=O)CCCCCCCCC/C=C/CCCCCC. The molecule has 0 amide bonds. The van der Waals surface area contributed by atoms with E-state index in [1.54, 1.807) is 0 Å². The number of carbonyl (C=O) groups excluding carboxylic acids is 3. The van der Waals surface area contributed by atoms with Gasteiger partial charge < -0.3 is 14.2 Å². The Morgan fingerprint density at radius 2 is 0.562 bits per heavy atom. The summed E-state index contributed by atoms with van der Waals surface area (Å²) in [4.78, 5) is 38.1. The van der Waals surface area contributed by atoms with Gasteiger partial charge in [0.2, 0.25) is 0 Å². The van der Waals surface area contributed by atoms with E-state index < -0.39 is 6.10 Å². The van der Waals surface area contributed by atoms with Crippen molar-refractivity contribution < 1.29 is 28.6 Å². The summed E-state index contributed by atoms with van der Waals surface area (Å²) < 4.78 is 16.8. The van der Waals surface area contributed by atoms with E-state index in [-0.39, 0.29) is 31.1 Å². The highest BCUT2D eigenvalue weighted by atomic mass is 16.6. The number of carbonyl (C=O) groups is 3. The lowest BCUT2D eigenvalue weighted by Crippen LogP contribution is -2.30. The third-order valence-electron chi connectivity index (χ3n) is 12.0. The quantitative estimate of drug-likeness (QED) is 0.0262. The van der Waals surface area contributed by atoms with Crippen LogP contribution in [0.4, 0.5) is 0 Å². The number of ether oxygens (including phenoxy) is 3. The highest BCUT2D eigenvalue weighted by Gasteiger charge is 2.19. The van der Waals surface area contributed by atoms with E-state index in [0.717, 1.165) is 77.0 Å². The summed E-state index contributed by atoms with van der Waals surface area (Å²) in [5.74, 6) is -0.891. The molecular formula is C58H104O6. The summed E-state index contributed by atoms with van der Waals surface area (Å²) in [6.45, 7) is 6.60. The van der Waals surface area contributed by atoms with Crippen molar-refractivity contribution in [3.63, 3.8) is 0 Å². The van der Waals surface area contributed by atoms with Crippen LogP contribution in [0.2, 0.25) is 0 Å². The molecule has 0 saturated heterocycles. The number of hydrogen-bond donors (Lipinski definition) is 0. The lowest BCUT2D eigenvalue weighted by Gasteiger charge is -2.18. The van der Waals surface area contributed by atoms with Crippen molar-refractivity contribution in [2.24, 2.45) is 0 Å². The summed E-state index contributed by atoms with van der Waals surface area (Å²) >= 11 is 0. The lowest BCUT2D eigenvalue weighted by atomic mass is 10.1. The molecule has 0 aliphatic carbocycles. The average molecular weight is 897 g/mol. The standard InChI is InChI=1S/C58H104O6/c1-4-7-10-13-16-19-22-25-28-29-31-33-36-39-42-45-48-51-57(60)63-54-55(53-62-56(59)50-47-44-41-38-35-32-27-24-21-18-15-12-9-6-3)64-58(61)52-49-46-43-40-37-34-30-26-23-20-17-14-11-8-5-2/h16,19-20,23-25,27-28,55H,4-15,17-18,21-22,26,29-54H2,1-3H3/b19-16+,23-20+,27-24+,28-25+/t55-/m1/s1. The molecule has 6 nitrogen and oxygen atoms in total. The van der Waals surface area contributed by atoms with Crippen molar-refractivity contribution in [3.05, 3.63) is 48.6 Å². The lowest BCUT2D eigenvalue weighted by molar-refractivity contribution is -0.167. The molecule has 0 aromatic carbocycles. The smallest absolute Gasteiger partial charge is 0.306 e. The molecule has 0 unspecified atom stereocenters. The number of esters is 3. The minimum atomic E-state index is -0.781. The summed E-state index contributed by atoms with van der Waals surface area (Å²) in [6, 6.07) is 0. The number of rotatable bonds is 50. The fraction of sp³-hybridized carbons (Fsp3) is 0.810. The summed E-state index contributed by atoms with van der Waals surface area (Å²) in [5.41, 5.74) is 0. The minimum Gasteiger partial charge on any atom is -0.462 e. The van der Waals surface area contributed by atoms with Crippen LogP contribution < -0.4 is 0 Å². The topological polar surface area (TPSA) is 78.9 Å². The molecule has 372 valence electrons. The maximum atomic E-state index is 12.8. The van der Waals surface area contributed by atoms with Gasteiger partial charge in [0.1, 0.15) is 13.2 Å². The zero-order valence-electron chi connectivity index (χ0n) is 42.6. The van der Waals surface area contributed by atoms with Crippen LogP contribution in [0.5, 0.6) is 0 Å². The second-order valence-corrected chi connectivity index (χ2v) is 18.5. The Hall–Kier alpha value is -2.63. The molecule has 0 radical (unpaired) electrons. The third kappa shape index (κ3) is 50.4. The van der Waals surface area contributed by atoms with Gasteiger partial charge in [-0.05, 0) is 103 Å². The van der Waals surface area contributed by atoms with Crippen molar-refractivity contribution in [2.45, 2.75) is 290 Å². The molecule has 0 heterocycles. The maximum Gasteiger partial charge on any atom is 0.306 e. The molecule has 0 fully saturated rings. The molecule has 0 saturated carbocycles. The molecule has 0 aliphatic heterocycles. The summed E-state index contributed by atoms with van der Waals surface area (Å²) in [7, 11) is 0. The zero-order valence-corrected chi connectivity index (χ0v) is 42.6. The highest BCUT2D eigenvalue weighted by molar-refractivity contribution is 5.71. The highest BCUT2D eigenvalue weighted by Crippen LogP contribution is 2.15.